The standard InChI is InChI=1S/C23H22Cl2N4O/c1-15-19(25)5-2-6-20(15)26-23(30)17-4-3-13-29(14-17)22-12-11-21(27-28-22)16-7-9-18(24)10-8-16/h2,5-12,17H,3-4,13-14H2,1H3,(H,26,30). The Morgan fingerprint density at radius 2 is 1.87 bits per heavy atom. The van der Waals surface area contributed by atoms with Crippen LogP contribution in [0.25, 0.3) is 11.3 Å². The van der Waals surface area contributed by atoms with Gasteiger partial charge in [0, 0.05) is 34.4 Å². The highest BCUT2D eigenvalue weighted by atomic mass is 35.5. The van der Waals surface area contributed by atoms with E-state index >= 15 is 0 Å². The molecule has 1 unspecified atom stereocenters. The molecule has 0 bridgehead atoms. The number of nitrogens with zero attached hydrogens (tertiary/aromatic N) is 3. The molecule has 0 spiro atoms. The average Bonchev–Trinajstić information content (AvgIpc) is 2.78. The molecular weight excluding hydrogens is 419 g/mol. The maximum Gasteiger partial charge on any atom is 0.229 e. The molecule has 0 saturated carbocycles. The molecule has 0 radical (unpaired) electrons. The number of rotatable bonds is 4. The highest BCUT2D eigenvalue weighted by Crippen LogP contribution is 2.27. The van der Waals surface area contributed by atoms with Gasteiger partial charge in [-0.05, 0) is 61.7 Å². The number of nitrogens with one attached hydrogen (secondary N) is 1. The predicted octanol–water partition coefficient (Wildman–Crippen LogP) is 5.61. The molecule has 7 heteroatoms. The van der Waals surface area contributed by atoms with Crippen molar-refractivity contribution in [3.8, 4) is 11.3 Å². The summed E-state index contributed by atoms with van der Waals surface area (Å²) in [4.78, 5) is 15.0. The van der Waals surface area contributed by atoms with Crippen LogP contribution in [0.3, 0.4) is 0 Å². The van der Waals surface area contributed by atoms with Crippen LogP contribution in [0.5, 0.6) is 0 Å². The minimum Gasteiger partial charge on any atom is -0.354 e. The highest BCUT2D eigenvalue weighted by Gasteiger charge is 2.27. The third-order valence-corrected chi connectivity index (χ3v) is 6.09. The molecule has 1 amide bonds. The lowest BCUT2D eigenvalue weighted by Crippen LogP contribution is -2.41. The lowest BCUT2D eigenvalue weighted by atomic mass is 9.97. The van der Waals surface area contributed by atoms with Crippen molar-refractivity contribution in [2.45, 2.75) is 19.8 Å². The van der Waals surface area contributed by atoms with Crippen LogP contribution in [-0.4, -0.2) is 29.2 Å². The molecule has 1 saturated heterocycles. The summed E-state index contributed by atoms with van der Waals surface area (Å²) in [5, 5.41) is 13.1. The van der Waals surface area contributed by atoms with Crippen molar-refractivity contribution in [1.29, 1.82) is 0 Å². The van der Waals surface area contributed by atoms with Gasteiger partial charge in [0.05, 0.1) is 11.6 Å². The van der Waals surface area contributed by atoms with E-state index in [-0.39, 0.29) is 11.8 Å². The Bertz CT molecular complexity index is 1040. The van der Waals surface area contributed by atoms with Crippen LogP contribution in [0.2, 0.25) is 10.0 Å². The predicted molar refractivity (Wildman–Crippen MR) is 122 cm³/mol. The summed E-state index contributed by atoms with van der Waals surface area (Å²) in [7, 11) is 0. The normalized spacial score (nSPS) is 16.4. The number of carbonyl (C=O) groups excluding carboxylic acids is 1. The summed E-state index contributed by atoms with van der Waals surface area (Å²) in [6.45, 7) is 3.37. The van der Waals surface area contributed by atoms with Crippen LogP contribution in [0.15, 0.2) is 54.6 Å². The smallest absolute Gasteiger partial charge is 0.229 e. The van der Waals surface area contributed by atoms with Crippen molar-refractivity contribution in [2.24, 2.45) is 5.92 Å². The molecule has 2 heterocycles. The number of benzene rings is 2. The monoisotopic (exact) mass is 440 g/mol. The average molecular weight is 441 g/mol. The van der Waals surface area contributed by atoms with E-state index in [0.29, 0.717) is 16.6 Å². The Kier molecular flexibility index (Phi) is 6.21. The van der Waals surface area contributed by atoms with Gasteiger partial charge in [-0.3, -0.25) is 4.79 Å². The molecule has 1 fully saturated rings. The van der Waals surface area contributed by atoms with E-state index < -0.39 is 0 Å². The quantitative estimate of drug-likeness (QED) is 0.572. The van der Waals surface area contributed by atoms with Crippen LogP contribution in [0.1, 0.15) is 18.4 Å². The van der Waals surface area contributed by atoms with Gasteiger partial charge >= 0.3 is 0 Å². The van der Waals surface area contributed by atoms with Crippen molar-refractivity contribution in [1.82, 2.24) is 10.2 Å². The first-order valence-electron chi connectivity index (χ1n) is 9.92. The third kappa shape index (κ3) is 4.58. The molecule has 2 aromatic carbocycles. The molecule has 154 valence electrons. The number of carbonyl (C=O) groups is 1. The summed E-state index contributed by atoms with van der Waals surface area (Å²) in [5.41, 5.74) is 3.39. The van der Waals surface area contributed by atoms with Crippen LogP contribution in [0, 0.1) is 12.8 Å². The van der Waals surface area contributed by atoms with Gasteiger partial charge in [-0.1, -0.05) is 41.4 Å². The number of hydrogen-bond donors (Lipinski definition) is 1. The number of halogens is 2. The van der Waals surface area contributed by atoms with E-state index in [1.807, 2.05) is 61.5 Å². The second kappa shape index (κ2) is 9.02. The van der Waals surface area contributed by atoms with Gasteiger partial charge in [-0.2, -0.15) is 0 Å². The molecular formula is C23H22Cl2N4O. The van der Waals surface area contributed by atoms with E-state index in [2.05, 4.69) is 20.4 Å². The SMILES string of the molecule is Cc1c(Cl)cccc1NC(=O)C1CCCN(c2ccc(-c3ccc(Cl)cc3)nn2)C1. The Morgan fingerprint density at radius 3 is 2.60 bits per heavy atom. The van der Waals surface area contributed by atoms with Crippen molar-refractivity contribution in [3.63, 3.8) is 0 Å². The summed E-state index contributed by atoms with van der Waals surface area (Å²) in [6, 6.07) is 17.0. The molecule has 1 atom stereocenters. The minimum atomic E-state index is -0.116. The molecule has 1 aliphatic heterocycles. The number of anilines is 2. The third-order valence-electron chi connectivity index (χ3n) is 5.43. The van der Waals surface area contributed by atoms with Crippen molar-refractivity contribution in [2.75, 3.05) is 23.3 Å². The Labute approximate surface area is 186 Å². The molecule has 4 rings (SSSR count). The van der Waals surface area contributed by atoms with Gasteiger partial charge in [0.1, 0.15) is 0 Å². The number of hydrogen-bond acceptors (Lipinski definition) is 4. The fraction of sp³-hybridized carbons (Fsp3) is 0.261. The zero-order chi connectivity index (χ0) is 21.1. The fourth-order valence-electron chi connectivity index (χ4n) is 3.65. The topological polar surface area (TPSA) is 58.1 Å². The molecule has 30 heavy (non-hydrogen) atoms. The first-order chi connectivity index (χ1) is 14.5. The zero-order valence-corrected chi connectivity index (χ0v) is 18.1. The molecule has 0 aliphatic carbocycles. The van der Waals surface area contributed by atoms with Gasteiger partial charge in [0.25, 0.3) is 0 Å². The first kappa shape index (κ1) is 20.6. The van der Waals surface area contributed by atoms with Crippen LogP contribution >= 0.6 is 23.2 Å². The van der Waals surface area contributed by atoms with E-state index in [1.54, 1.807) is 0 Å². The van der Waals surface area contributed by atoms with Gasteiger partial charge in [-0.15, -0.1) is 10.2 Å². The number of aromatic nitrogens is 2. The molecule has 3 aromatic rings. The number of amides is 1. The summed E-state index contributed by atoms with van der Waals surface area (Å²) in [6.07, 6.45) is 1.77. The van der Waals surface area contributed by atoms with Gasteiger partial charge in [0.2, 0.25) is 5.91 Å². The molecule has 5 nitrogen and oxygen atoms in total. The first-order valence-corrected chi connectivity index (χ1v) is 10.7. The lowest BCUT2D eigenvalue weighted by molar-refractivity contribution is -0.120. The summed E-state index contributed by atoms with van der Waals surface area (Å²) in [5.74, 6) is 0.676. The second-order valence-electron chi connectivity index (χ2n) is 7.47. The van der Waals surface area contributed by atoms with Crippen molar-refractivity contribution in [3.05, 3.63) is 70.2 Å². The molecule has 1 aromatic heterocycles. The number of piperidine rings is 1. The van der Waals surface area contributed by atoms with E-state index in [9.17, 15) is 4.79 Å². The molecule has 1 N–H and O–H groups in total. The van der Waals surface area contributed by atoms with Crippen molar-refractivity contribution >= 4 is 40.6 Å². The largest absolute Gasteiger partial charge is 0.354 e. The minimum absolute atomic E-state index is 0.0100. The van der Waals surface area contributed by atoms with Gasteiger partial charge < -0.3 is 10.2 Å². The Hall–Kier alpha value is -2.63. The maximum atomic E-state index is 12.8. The van der Waals surface area contributed by atoms with Crippen LogP contribution in [0.4, 0.5) is 11.5 Å². The van der Waals surface area contributed by atoms with Crippen LogP contribution < -0.4 is 10.2 Å². The lowest BCUT2D eigenvalue weighted by Gasteiger charge is -2.32. The maximum absolute atomic E-state index is 12.8. The summed E-state index contributed by atoms with van der Waals surface area (Å²) >= 11 is 12.1. The van der Waals surface area contributed by atoms with E-state index in [1.165, 1.54) is 0 Å². The van der Waals surface area contributed by atoms with Crippen LogP contribution in [-0.2, 0) is 4.79 Å². The van der Waals surface area contributed by atoms with E-state index in [4.69, 9.17) is 23.2 Å². The summed E-state index contributed by atoms with van der Waals surface area (Å²) < 4.78 is 0. The van der Waals surface area contributed by atoms with Gasteiger partial charge in [0.15, 0.2) is 5.82 Å². The molecule has 1 aliphatic rings. The fourth-order valence-corrected chi connectivity index (χ4v) is 3.95. The van der Waals surface area contributed by atoms with E-state index in [0.717, 1.165) is 47.7 Å². The Balaban J connectivity index is 1.44. The second-order valence-corrected chi connectivity index (χ2v) is 8.31. The highest BCUT2D eigenvalue weighted by molar-refractivity contribution is 6.31. The zero-order valence-electron chi connectivity index (χ0n) is 16.6. The van der Waals surface area contributed by atoms with Crippen molar-refractivity contribution < 1.29 is 4.79 Å². The van der Waals surface area contributed by atoms with Gasteiger partial charge in [-0.25, -0.2) is 0 Å². The Morgan fingerprint density at radius 1 is 1.07 bits per heavy atom.